The summed E-state index contributed by atoms with van der Waals surface area (Å²) in [5.41, 5.74) is 2.54. The minimum absolute atomic E-state index is 0.154. The maximum Gasteiger partial charge on any atom is 0.253 e. The number of benzene rings is 2. The first-order valence-electron chi connectivity index (χ1n) is 9.33. The highest BCUT2D eigenvalue weighted by Gasteiger charge is 2.33. The Bertz CT molecular complexity index is 1040. The summed E-state index contributed by atoms with van der Waals surface area (Å²) < 4.78 is 18.6. The van der Waals surface area contributed by atoms with E-state index in [1.54, 1.807) is 37.7 Å². The number of carbonyl (C=O) groups excluding carboxylic acids is 1. The van der Waals surface area contributed by atoms with Gasteiger partial charge in [-0.15, -0.1) is 0 Å². The number of ether oxygens (including phenoxy) is 1. The second-order valence-electron chi connectivity index (χ2n) is 6.61. The lowest BCUT2D eigenvalue weighted by Crippen LogP contribution is -2.28. The van der Waals surface area contributed by atoms with Crippen LogP contribution in [0, 0.1) is 5.82 Å². The summed E-state index contributed by atoms with van der Waals surface area (Å²) in [6, 6.07) is 15.2. The fraction of sp³-hybridized carbons (Fsp3) is 0.182. The maximum atomic E-state index is 13.4. The van der Waals surface area contributed by atoms with Gasteiger partial charge in [-0.2, -0.15) is 5.10 Å². The van der Waals surface area contributed by atoms with Crippen molar-refractivity contribution in [3.8, 4) is 5.75 Å². The standard InChI is InChI=1S/C22H19FN4O2S/c1-29-18-9-5-15(6-10-18)19-13-20(16-3-7-17(23)8-4-16)27(26-19)21(28)14-30-22-24-11-2-12-25-22/h2-12,20H,13-14H2,1H3. The van der Waals surface area contributed by atoms with E-state index in [1.165, 1.54) is 28.9 Å². The van der Waals surface area contributed by atoms with Crippen LogP contribution in [0.5, 0.6) is 5.75 Å². The van der Waals surface area contributed by atoms with Crippen molar-refractivity contribution in [3.63, 3.8) is 0 Å². The number of methoxy groups -OCH3 is 1. The summed E-state index contributed by atoms with van der Waals surface area (Å²) in [5, 5.41) is 6.64. The largest absolute Gasteiger partial charge is 0.497 e. The van der Waals surface area contributed by atoms with Gasteiger partial charge in [0.2, 0.25) is 0 Å². The highest BCUT2D eigenvalue weighted by Crippen LogP contribution is 2.34. The SMILES string of the molecule is COc1ccc(C2=NN(C(=O)CSc3ncccn3)C(c3ccc(F)cc3)C2)cc1. The molecule has 3 aromatic rings. The van der Waals surface area contributed by atoms with E-state index in [-0.39, 0.29) is 23.5 Å². The molecule has 0 N–H and O–H groups in total. The van der Waals surface area contributed by atoms with Crippen molar-refractivity contribution in [3.05, 3.63) is 83.9 Å². The normalized spacial score (nSPS) is 15.7. The van der Waals surface area contributed by atoms with Crippen LogP contribution in [0.15, 0.2) is 77.2 Å². The third kappa shape index (κ3) is 4.49. The number of hydrogen-bond donors (Lipinski definition) is 0. The number of amides is 1. The van der Waals surface area contributed by atoms with Crippen LogP contribution >= 0.6 is 11.8 Å². The van der Waals surface area contributed by atoms with Crippen LogP contribution in [0.1, 0.15) is 23.6 Å². The van der Waals surface area contributed by atoms with Crippen molar-refractivity contribution in [1.82, 2.24) is 15.0 Å². The Morgan fingerprint density at radius 2 is 1.83 bits per heavy atom. The zero-order valence-corrected chi connectivity index (χ0v) is 17.1. The Kier molecular flexibility index (Phi) is 6.04. The van der Waals surface area contributed by atoms with Gasteiger partial charge in [0.1, 0.15) is 11.6 Å². The lowest BCUT2D eigenvalue weighted by Gasteiger charge is -2.21. The molecule has 6 nitrogen and oxygen atoms in total. The van der Waals surface area contributed by atoms with Gasteiger partial charge < -0.3 is 4.74 Å². The van der Waals surface area contributed by atoms with Crippen LogP contribution in [-0.2, 0) is 4.79 Å². The molecule has 4 rings (SSSR count). The monoisotopic (exact) mass is 422 g/mol. The van der Waals surface area contributed by atoms with Crippen molar-refractivity contribution in [2.24, 2.45) is 5.10 Å². The highest BCUT2D eigenvalue weighted by atomic mass is 32.2. The molecule has 8 heteroatoms. The van der Waals surface area contributed by atoms with Crippen LogP contribution in [0.3, 0.4) is 0 Å². The van der Waals surface area contributed by atoms with E-state index in [1.807, 2.05) is 24.3 Å². The van der Waals surface area contributed by atoms with Crippen molar-refractivity contribution < 1.29 is 13.9 Å². The Balaban J connectivity index is 1.58. The number of hydrogen-bond acceptors (Lipinski definition) is 6. The molecule has 0 bridgehead atoms. The molecule has 2 aromatic carbocycles. The first-order chi connectivity index (χ1) is 14.6. The molecule has 2 heterocycles. The van der Waals surface area contributed by atoms with Crippen LogP contribution in [0.4, 0.5) is 4.39 Å². The fourth-order valence-corrected chi connectivity index (χ4v) is 3.85. The van der Waals surface area contributed by atoms with Crippen molar-refractivity contribution in [1.29, 1.82) is 0 Å². The molecule has 0 saturated heterocycles. The number of halogens is 1. The van der Waals surface area contributed by atoms with E-state index in [0.717, 1.165) is 22.6 Å². The molecular formula is C22H19FN4O2S. The van der Waals surface area contributed by atoms with E-state index in [0.29, 0.717) is 11.6 Å². The summed E-state index contributed by atoms with van der Waals surface area (Å²) in [5.74, 6) is 0.425. The first-order valence-corrected chi connectivity index (χ1v) is 10.3. The first kappa shape index (κ1) is 20.0. The topological polar surface area (TPSA) is 67.7 Å². The van der Waals surface area contributed by atoms with Crippen LogP contribution in [0.2, 0.25) is 0 Å². The van der Waals surface area contributed by atoms with Crippen LogP contribution in [-0.4, -0.2) is 39.5 Å². The van der Waals surface area contributed by atoms with Crippen LogP contribution < -0.4 is 4.74 Å². The Hall–Kier alpha value is -3.26. The molecule has 1 amide bonds. The van der Waals surface area contributed by atoms with Gasteiger partial charge in [0.25, 0.3) is 5.91 Å². The minimum Gasteiger partial charge on any atom is -0.497 e. The average Bonchev–Trinajstić information content (AvgIpc) is 3.24. The van der Waals surface area contributed by atoms with Gasteiger partial charge in [0, 0.05) is 18.8 Å². The number of carbonyl (C=O) groups is 1. The van der Waals surface area contributed by atoms with Crippen LogP contribution in [0.25, 0.3) is 0 Å². The molecule has 1 aliphatic rings. The molecule has 30 heavy (non-hydrogen) atoms. The summed E-state index contributed by atoms with van der Waals surface area (Å²) in [7, 11) is 1.61. The number of hydrazone groups is 1. The predicted octanol–water partition coefficient (Wildman–Crippen LogP) is 4.09. The predicted molar refractivity (Wildman–Crippen MR) is 113 cm³/mol. The number of aromatic nitrogens is 2. The molecule has 1 aliphatic heterocycles. The van der Waals surface area contributed by atoms with E-state index < -0.39 is 0 Å². The van der Waals surface area contributed by atoms with E-state index in [4.69, 9.17) is 4.74 Å². The van der Waals surface area contributed by atoms with Gasteiger partial charge in [0.15, 0.2) is 5.16 Å². The summed E-state index contributed by atoms with van der Waals surface area (Å²) in [6.07, 6.45) is 3.81. The molecule has 0 radical (unpaired) electrons. The van der Waals surface area contributed by atoms with Gasteiger partial charge in [0.05, 0.1) is 24.6 Å². The molecular weight excluding hydrogens is 403 g/mol. The molecule has 1 atom stereocenters. The zero-order chi connectivity index (χ0) is 20.9. The average molecular weight is 422 g/mol. The maximum absolute atomic E-state index is 13.4. The highest BCUT2D eigenvalue weighted by molar-refractivity contribution is 7.99. The quantitative estimate of drug-likeness (QED) is 0.442. The molecule has 0 saturated carbocycles. The Labute approximate surface area is 177 Å². The van der Waals surface area contributed by atoms with E-state index in [2.05, 4.69) is 15.1 Å². The fourth-order valence-electron chi connectivity index (χ4n) is 3.20. The molecule has 0 spiro atoms. The second-order valence-corrected chi connectivity index (χ2v) is 7.55. The molecule has 1 unspecified atom stereocenters. The van der Waals surface area contributed by atoms with Gasteiger partial charge in [-0.3, -0.25) is 4.79 Å². The molecule has 0 fully saturated rings. The molecule has 152 valence electrons. The van der Waals surface area contributed by atoms with E-state index in [9.17, 15) is 9.18 Å². The lowest BCUT2D eigenvalue weighted by atomic mass is 9.98. The van der Waals surface area contributed by atoms with Crippen molar-refractivity contribution in [2.75, 3.05) is 12.9 Å². The Morgan fingerprint density at radius 1 is 1.13 bits per heavy atom. The number of nitrogens with zero attached hydrogens (tertiary/aromatic N) is 4. The second kappa shape index (κ2) is 9.04. The van der Waals surface area contributed by atoms with Crippen molar-refractivity contribution in [2.45, 2.75) is 17.6 Å². The summed E-state index contributed by atoms with van der Waals surface area (Å²) in [4.78, 5) is 21.3. The summed E-state index contributed by atoms with van der Waals surface area (Å²) in [6.45, 7) is 0. The van der Waals surface area contributed by atoms with E-state index >= 15 is 0 Å². The summed E-state index contributed by atoms with van der Waals surface area (Å²) >= 11 is 1.26. The van der Waals surface area contributed by atoms with Crippen molar-refractivity contribution >= 4 is 23.4 Å². The molecule has 0 aliphatic carbocycles. The third-order valence-electron chi connectivity index (χ3n) is 4.71. The van der Waals surface area contributed by atoms with Gasteiger partial charge in [-0.1, -0.05) is 23.9 Å². The van der Waals surface area contributed by atoms with Gasteiger partial charge in [-0.05, 0) is 53.6 Å². The number of thioether (sulfide) groups is 1. The Morgan fingerprint density at radius 3 is 2.50 bits per heavy atom. The lowest BCUT2D eigenvalue weighted by molar-refractivity contribution is -0.130. The third-order valence-corrected chi connectivity index (χ3v) is 5.57. The number of rotatable bonds is 6. The molecule has 1 aromatic heterocycles. The minimum atomic E-state index is -0.317. The smallest absolute Gasteiger partial charge is 0.253 e. The van der Waals surface area contributed by atoms with Gasteiger partial charge in [-0.25, -0.2) is 19.4 Å². The zero-order valence-electron chi connectivity index (χ0n) is 16.2. The van der Waals surface area contributed by atoms with Gasteiger partial charge >= 0.3 is 0 Å².